The maximum atomic E-state index is 12.5. The molecule has 3 rings (SSSR count). The number of carbonyl (C=O) groups is 1. The van der Waals surface area contributed by atoms with E-state index in [2.05, 4.69) is 0 Å². The highest BCUT2D eigenvalue weighted by Gasteiger charge is 2.26. The van der Waals surface area contributed by atoms with Crippen LogP contribution in [-0.4, -0.2) is 31.4 Å². The Bertz CT molecular complexity index is 868. The van der Waals surface area contributed by atoms with Gasteiger partial charge in [0, 0.05) is 11.1 Å². The van der Waals surface area contributed by atoms with Crippen LogP contribution in [0.25, 0.3) is 16.6 Å². The lowest BCUT2D eigenvalue weighted by Crippen LogP contribution is -2.11. The zero-order chi connectivity index (χ0) is 17.1. The number of esters is 1. The highest BCUT2D eigenvalue weighted by Crippen LogP contribution is 2.38. The predicted octanol–water partition coefficient (Wildman–Crippen LogP) is 3.82. The number of hydrogen-bond donors (Lipinski definition) is 0. The number of ether oxygens (including phenoxy) is 3. The summed E-state index contributed by atoms with van der Waals surface area (Å²) in [6.07, 6.45) is 0. The summed E-state index contributed by atoms with van der Waals surface area (Å²) in [5.74, 6) is 0.754. The number of methoxy groups -OCH3 is 2. The SMILES string of the molecule is CCOc1c(C(=O)OC)n(-c2ccccc2)c2ccc(OC)cc12. The van der Waals surface area contributed by atoms with Crippen molar-refractivity contribution in [2.75, 3.05) is 20.8 Å². The quantitative estimate of drug-likeness (QED) is 0.669. The molecule has 24 heavy (non-hydrogen) atoms. The molecule has 1 heterocycles. The molecule has 0 saturated carbocycles. The number of benzene rings is 2. The molecule has 0 radical (unpaired) electrons. The molecule has 5 heteroatoms. The lowest BCUT2D eigenvalue weighted by atomic mass is 10.2. The number of fused-ring (bicyclic) bond motifs is 1. The molecule has 0 unspecified atom stereocenters. The van der Waals surface area contributed by atoms with Crippen LogP contribution in [-0.2, 0) is 4.74 Å². The van der Waals surface area contributed by atoms with Crippen LogP contribution in [0.3, 0.4) is 0 Å². The van der Waals surface area contributed by atoms with Crippen LogP contribution in [0.4, 0.5) is 0 Å². The molecule has 5 nitrogen and oxygen atoms in total. The molecule has 0 atom stereocenters. The molecule has 0 aliphatic rings. The Labute approximate surface area is 140 Å². The maximum absolute atomic E-state index is 12.5. The van der Waals surface area contributed by atoms with Gasteiger partial charge in [-0.3, -0.25) is 0 Å². The molecule has 0 aliphatic carbocycles. The fourth-order valence-electron chi connectivity index (χ4n) is 2.78. The molecule has 0 N–H and O–H groups in total. The first-order valence-electron chi connectivity index (χ1n) is 7.70. The first-order valence-corrected chi connectivity index (χ1v) is 7.70. The van der Waals surface area contributed by atoms with Crippen LogP contribution in [0.2, 0.25) is 0 Å². The summed E-state index contributed by atoms with van der Waals surface area (Å²) in [4.78, 5) is 12.5. The molecule has 0 amide bonds. The van der Waals surface area contributed by atoms with E-state index in [9.17, 15) is 4.79 Å². The molecule has 0 aliphatic heterocycles. The summed E-state index contributed by atoms with van der Waals surface area (Å²) in [6.45, 7) is 2.32. The van der Waals surface area contributed by atoms with E-state index in [1.165, 1.54) is 7.11 Å². The number of hydrogen-bond acceptors (Lipinski definition) is 4. The van der Waals surface area contributed by atoms with Crippen LogP contribution < -0.4 is 9.47 Å². The van der Waals surface area contributed by atoms with Gasteiger partial charge in [-0.15, -0.1) is 0 Å². The molecule has 0 saturated heterocycles. The van der Waals surface area contributed by atoms with Gasteiger partial charge in [-0.2, -0.15) is 0 Å². The summed E-state index contributed by atoms with van der Waals surface area (Å²) in [5.41, 5.74) is 2.08. The predicted molar refractivity (Wildman–Crippen MR) is 92.3 cm³/mol. The molecule has 124 valence electrons. The Balaban J connectivity index is 2.41. The molecule has 0 spiro atoms. The van der Waals surface area contributed by atoms with Crippen molar-refractivity contribution in [3.05, 3.63) is 54.2 Å². The molecule has 0 fully saturated rings. The van der Waals surface area contributed by atoms with Crippen molar-refractivity contribution >= 4 is 16.9 Å². The van der Waals surface area contributed by atoms with Crippen LogP contribution >= 0.6 is 0 Å². The van der Waals surface area contributed by atoms with Crippen LogP contribution in [0, 0.1) is 0 Å². The van der Waals surface area contributed by atoms with E-state index in [1.54, 1.807) is 7.11 Å². The second-order valence-corrected chi connectivity index (χ2v) is 5.16. The van der Waals surface area contributed by atoms with E-state index in [1.807, 2.05) is 60.0 Å². The van der Waals surface area contributed by atoms with Crippen molar-refractivity contribution in [3.63, 3.8) is 0 Å². The average Bonchev–Trinajstić information content (AvgIpc) is 2.95. The minimum atomic E-state index is -0.447. The van der Waals surface area contributed by atoms with Crippen molar-refractivity contribution < 1.29 is 19.0 Å². The zero-order valence-electron chi connectivity index (χ0n) is 13.9. The van der Waals surface area contributed by atoms with Gasteiger partial charge in [0.05, 0.1) is 26.3 Å². The van der Waals surface area contributed by atoms with Crippen LogP contribution in [0.5, 0.6) is 11.5 Å². The van der Waals surface area contributed by atoms with Crippen molar-refractivity contribution in [1.82, 2.24) is 4.57 Å². The van der Waals surface area contributed by atoms with E-state index >= 15 is 0 Å². The van der Waals surface area contributed by atoms with E-state index in [-0.39, 0.29) is 0 Å². The van der Waals surface area contributed by atoms with Gasteiger partial charge in [0.15, 0.2) is 11.4 Å². The number of carbonyl (C=O) groups excluding carboxylic acids is 1. The second-order valence-electron chi connectivity index (χ2n) is 5.16. The molecule has 1 aromatic heterocycles. The monoisotopic (exact) mass is 325 g/mol. The van der Waals surface area contributed by atoms with E-state index < -0.39 is 5.97 Å². The molecule has 2 aromatic carbocycles. The van der Waals surface area contributed by atoms with E-state index in [0.717, 1.165) is 16.6 Å². The number of aromatic nitrogens is 1. The summed E-state index contributed by atoms with van der Waals surface area (Å²) in [5, 5.41) is 0.806. The fourth-order valence-corrected chi connectivity index (χ4v) is 2.78. The van der Waals surface area contributed by atoms with Gasteiger partial charge < -0.3 is 18.8 Å². The molecule has 3 aromatic rings. The minimum absolute atomic E-state index is 0.369. The summed E-state index contributed by atoms with van der Waals surface area (Å²) in [7, 11) is 2.97. The highest BCUT2D eigenvalue weighted by molar-refractivity contribution is 6.03. The Morgan fingerprint density at radius 2 is 1.83 bits per heavy atom. The Morgan fingerprint density at radius 3 is 2.46 bits per heavy atom. The van der Waals surface area contributed by atoms with Gasteiger partial charge in [0.25, 0.3) is 0 Å². The first kappa shape index (κ1) is 15.9. The molecular formula is C19H19NO4. The lowest BCUT2D eigenvalue weighted by Gasteiger charge is -2.10. The van der Waals surface area contributed by atoms with Gasteiger partial charge in [0.1, 0.15) is 5.75 Å². The third kappa shape index (κ3) is 2.58. The van der Waals surface area contributed by atoms with Crippen molar-refractivity contribution in [3.8, 4) is 17.2 Å². The first-order chi connectivity index (χ1) is 11.7. The standard InChI is InChI=1S/C19H19NO4/c1-4-24-18-15-12-14(22-2)10-11-16(15)20(17(18)19(21)23-3)13-8-6-5-7-9-13/h5-12H,4H2,1-3H3. The van der Waals surface area contributed by atoms with E-state index in [0.29, 0.717) is 23.8 Å². The average molecular weight is 325 g/mol. The number of para-hydroxylation sites is 1. The fraction of sp³-hybridized carbons (Fsp3) is 0.211. The van der Waals surface area contributed by atoms with Crippen molar-refractivity contribution in [1.29, 1.82) is 0 Å². The van der Waals surface area contributed by atoms with Gasteiger partial charge >= 0.3 is 5.97 Å². The Kier molecular flexibility index (Phi) is 4.42. The highest BCUT2D eigenvalue weighted by atomic mass is 16.5. The Morgan fingerprint density at radius 1 is 1.08 bits per heavy atom. The van der Waals surface area contributed by atoms with Gasteiger partial charge in [-0.25, -0.2) is 4.79 Å². The van der Waals surface area contributed by atoms with Crippen molar-refractivity contribution in [2.45, 2.75) is 6.92 Å². The summed E-state index contributed by atoms with van der Waals surface area (Å²) < 4.78 is 18.0. The normalized spacial score (nSPS) is 10.6. The maximum Gasteiger partial charge on any atom is 0.358 e. The molecule has 0 bridgehead atoms. The lowest BCUT2D eigenvalue weighted by molar-refractivity contribution is 0.0587. The zero-order valence-corrected chi connectivity index (χ0v) is 13.9. The topological polar surface area (TPSA) is 49.7 Å². The third-order valence-electron chi connectivity index (χ3n) is 3.81. The minimum Gasteiger partial charge on any atom is -0.497 e. The van der Waals surface area contributed by atoms with Crippen LogP contribution in [0.15, 0.2) is 48.5 Å². The van der Waals surface area contributed by atoms with Gasteiger partial charge in [-0.05, 0) is 37.3 Å². The largest absolute Gasteiger partial charge is 0.497 e. The third-order valence-corrected chi connectivity index (χ3v) is 3.81. The van der Waals surface area contributed by atoms with Crippen LogP contribution in [0.1, 0.15) is 17.4 Å². The second kappa shape index (κ2) is 6.66. The number of rotatable bonds is 5. The van der Waals surface area contributed by atoms with E-state index in [4.69, 9.17) is 14.2 Å². The number of nitrogens with zero attached hydrogens (tertiary/aromatic N) is 1. The summed E-state index contributed by atoms with van der Waals surface area (Å²) >= 11 is 0. The Hall–Kier alpha value is -2.95. The molecular weight excluding hydrogens is 306 g/mol. The van der Waals surface area contributed by atoms with Gasteiger partial charge in [-0.1, -0.05) is 18.2 Å². The smallest absolute Gasteiger partial charge is 0.358 e. The summed E-state index contributed by atoms with van der Waals surface area (Å²) in [6, 6.07) is 15.3. The van der Waals surface area contributed by atoms with Crippen molar-refractivity contribution in [2.24, 2.45) is 0 Å². The van der Waals surface area contributed by atoms with Gasteiger partial charge in [0.2, 0.25) is 0 Å².